The van der Waals surface area contributed by atoms with E-state index in [0.29, 0.717) is 28.8 Å². The van der Waals surface area contributed by atoms with Crippen molar-refractivity contribution >= 4 is 34.6 Å². The van der Waals surface area contributed by atoms with Crippen molar-refractivity contribution < 1.29 is 14.2 Å². The number of aromatic nitrogens is 6. The van der Waals surface area contributed by atoms with Gasteiger partial charge in [0.05, 0.1) is 11.6 Å². The zero-order chi connectivity index (χ0) is 29.9. The van der Waals surface area contributed by atoms with Crippen LogP contribution in [0.4, 0.5) is 11.4 Å². The monoisotopic (exact) mass is 632 g/mol. The van der Waals surface area contributed by atoms with Crippen molar-refractivity contribution in [1.29, 1.82) is 0 Å². The van der Waals surface area contributed by atoms with Gasteiger partial charge in [-0.15, -0.1) is 10.2 Å². The molecule has 2 unspecified atom stereocenters. The summed E-state index contributed by atoms with van der Waals surface area (Å²) in [5.74, 6) is -0.378. The van der Waals surface area contributed by atoms with Crippen LogP contribution >= 0.6 is 23.2 Å². The van der Waals surface area contributed by atoms with E-state index >= 15 is 0 Å². The van der Waals surface area contributed by atoms with Crippen LogP contribution in [0.25, 0.3) is 5.69 Å². The molecule has 0 amide bonds. The Morgan fingerprint density at radius 2 is 1.48 bits per heavy atom. The second-order valence-corrected chi connectivity index (χ2v) is 11.5. The molecule has 5 aromatic rings. The third-order valence-corrected chi connectivity index (χ3v) is 8.43. The van der Waals surface area contributed by atoms with Gasteiger partial charge in [0, 0.05) is 53.8 Å². The molecule has 0 bridgehead atoms. The van der Waals surface area contributed by atoms with Crippen molar-refractivity contribution in [3.8, 4) is 11.4 Å². The first kappa shape index (κ1) is 28.6. The van der Waals surface area contributed by atoms with Gasteiger partial charge in [-0.1, -0.05) is 29.3 Å². The van der Waals surface area contributed by atoms with Gasteiger partial charge in [-0.05, 0) is 60.7 Å². The zero-order valence-electron chi connectivity index (χ0n) is 23.7. The first-order valence-corrected chi connectivity index (χ1v) is 15.1. The number of benzene rings is 3. The van der Waals surface area contributed by atoms with E-state index in [1.807, 2.05) is 22.8 Å². The highest BCUT2D eigenvalue weighted by Crippen LogP contribution is 2.40. The van der Waals surface area contributed by atoms with E-state index in [1.165, 1.54) is 17.7 Å². The summed E-state index contributed by atoms with van der Waals surface area (Å²) in [7, 11) is 0. The van der Waals surface area contributed by atoms with Gasteiger partial charge in [0.1, 0.15) is 50.3 Å². The van der Waals surface area contributed by atoms with Crippen LogP contribution in [0, 0.1) is 0 Å². The van der Waals surface area contributed by atoms with Crippen LogP contribution in [0.5, 0.6) is 5.75 Å². The Bertz CT molecular complexity index is 1660. The summed E-state index contributed by atoms with van der Waals surface area (Å²) in [6.07, 6.45) is 6.17. The number of hydrogen-bond donors (Lipinski definition) is 0. The third kappa shape index (κ3) is 6.09. The van der Waals surface area contributed by atoms with E-state index in [2.05, 4.69) is 66.5 Å². The van der Waals surface area contributed by atoms with E-state index < -0.39 is 5.79 Å². The van der Waals surface area contributed by atoms with Gasteiger partial charge in [-0.2, -0.15) is 5.10 Å². The SMILES string of the molecule is Clc1ccc(C2(Cn3cncn3)OCC(COc3ccc(N4CCN(c5ccc(-n6cnnc6)cc5)CC4)cc3)O2)c(Cl)c1. The van der Waals surface area contributed by atoms with Crippen molar-refractivity contribution in [2.75, 3.05) is 49.2 Å². The zero-order valence-corrected chi connectivity index (χ0v) is 25.3. The van der Waals surface area contributed by atoms with E-state index in [1.54, 1.807) is 35.8 Å². The van der Waals surface area contributed by atoms with Crippen LogP contribution in [0.15, 0.2) is 92.0 Å². The van der Waals surface area contributed by atoms with E-state index in [4.69, 9.17) is 37.4 Å². The minimum absolute atomic E-state index is 0.279. The molecule has 0 aliphatic carbocycles. The number of rotatable bonds is 9. The van der Waals surface area contributed by atoms with Crippen molar-refractivity contribution in [2.45, 2.75) is 18.4 Å². The number of nitrogens with zero attached hydrogens (tertiary/aromatic N) is 8. The molecular formula is C31H30Cl2N8O3. The Balaban J connectivity index is 0.936. The summed E-state index contributed by atoms with van der Waals surface area (Å²) >= 11 is 12.7. The van der Waals surface area contributed by atoms with Gasteiger partial charge < -0.3 is 24.0 Å². The molecule has 3 aromatic carbocycles. The van der Waals surface area contributed by atoms with Crippen molar-refractivity contribution in [3.63, 3.8) is 0 Å². The molecule has 2 fully saturated rings. The number of piperazine rings is 1. The van der Waals surface area contributed by atoms with Gasteiger partial charge >= 0.3 is 0 Å². The average Bonchev–Trinajstić information content (AvgIpc) is 3.85. The Morgan fingerprint density at radius 3 is 2.11 bits per heavy atom. The smallest absolute Gasteiger partial charge is 0.217 e. The Kier molecular flexibility index (Phi) is 8.09. The van der Waals surface area contributed by atoms with Crippen LogP contribution in [-0.2, 0) is 21.8 Å². The van der Waals surface area contributed by atoms with Gasteiger partial charge in [0.25, 0.3) is 0 Å². The normalized spacial score (nSPS) is 20.3. The molecule has 0 radical (unpaired) electrons. The molecule has 0 saturated carbocycles. The molecule has 226 valence electrons. The maximum absolute atomic E-state index is 6.57. The second-order valence-electron chi connectivity index (χ2n) is 10.7. The molecule has 2 aliphatic rings. The fraction of sp³-hybridized carbons (Fsp3) is 0.290. The highest BCUT2D eigenvalue weighted by atomic mass is 35.5. The number of hydrogen-bond acceptors (Lipinski definition) is 9. The molecule has 2 aromatic heterocycles. The topological polar surface area (TPSA) is 95.6 Å². The Labute approximate surface area is 264 Å². The predicted molar refractivity (Wildman–Crippen MR) is 167 cm³/mol. The summed E-state index contributed by atoms with van der Waals surface area (Å²) in [4.78, 5) is 8.85. The molecule has 2 atom stereocenters. The summed E-state index contributed by atoms with van der Waals surface area (Å²) in [5.41, 5.74) is 4.11. The summed E-state index contributed by atoms with van der Waals surface area (Å²) in [6, 6.07) is 22.0. The minimum Gasteiger partial charge on any atom is -0.491 e. The molecule has 4 heterocycles. The van der Waals surface area contributed by atoms with Crippen molar-refractivity contribution in [3.05, 3.63) is 108 Å². The fourth-order valence-corrected chi connectivity index (χ4v) is 6.17. The lowest BCUT2D eigenvalue weighted by atomic mass is 10.1. The second kappa shape index (κ2) is 12.4. The summed E-state index contributed by atoms with van der Waals surface area (Å²) in [6.45, 7) is 4.68. The molecule has 2 aliphatic heterocycles. The maximum atomic E-state index is 6.57. The van der Waals surface area contributed by atoms with Gasteiger partial charge in [0.15, 0.2) is 0 Å². The molecule has 13 heteroatoms. The Hall–Kier alpha value is -4.16. The molecule has 7 rings (SSSR count). The molecule has 0 N–H and O–H groups in total. The molecule has 44 heavy (non-hydrogen) atoms. The van der Waals surface area contributed by atoms with Gasteiger partial charge in [-0.25, -0.2) is 9.67 Å². The number of halogens is 2. The minimum atomic E-state index is -1.14. The molecular weight excluding hydrogens is 603 g/mol. The molecule has 11 nitrogen and oxygen atoms in total. The summed E-state index contributed by atoms with van der Waals surface area (Å²) in [5, 5.41) is 13.0. The number of anilines is 2. The van der Waals surface area contributed by atoms with Crippen molar-refractivity contribution in [1.82, 2.24) is 29.5 Å². The predicted octanol–water partition coefficient (Wildman–Crippen LogP) is 4.84. The van der Waals surface area contributed by atoms with Crippen LogP contribution in [0.1, 0.15) is 5.56 Å². The van der Waals surface area contributed by atoms with E-state index in [-0.39, 0.29) is 12.6 Å². The average molecular weight is 634 g/mol. The molecule has 2 saturated heterocycles. The van der Waals surface area contributed by atoms with Crippen LogP contribution in [-0.4, -0.2) is 75.0 Å². The van der Waals surface area contributed by atoms with E-state index in [9.17, 15) is 0 Å². The third-order valence-electron chi connectivity index (χ3n) is 7.89. The fourth-order valence-electron chi connectivity index (χ4n) is 5.62. The lowest BCUT2D eigenvalue weighted by Gasteiger charge is -2.37. The largest absolute Gasteiger partial charge is 0.491 e. The lowest BCUT2D eigenvalue weighted by molar-refractivity contribution is -0.190. The van der Waals surface area contributed by atoms with Crippen molar-refractivity contribution in [2.24, 2.45) is 0 Å². The highest BCUT2D eigenvalue weighted by molar-refractivity contribution is 6.35. The highest BCUT2D eigenvalue weighted by Gasteiger charge is 2.45. The van der Waals surface area contributed by atoms with Crippen LogP contribution in [0.3, 0.4) is 0 Å². The van der Waals surface area contributed by atoms with E-state index in [0.717, 1.165) is 37.6 Å². The lowest BCUT2D eigenvalue weighted by Crippen LogP contribution is -2.46. The first-order chi connectivity index (χ1) is 21.5. The van der Waals surface area contributed by atoms with Gasteiger partial charge in [-0.3, -0.25) is 4.57 Å². The maximum Gasteiger partial charge on any atom is 0.217 e. The molecule has 0 spiro atoms. The number of ether oxygens (including phenoxy) is 3. The van der Waals surface area contributed by atoms with Crippen LogP contribution in [0.2, 0.25) is 10.0 Å². The van der Waals surface area contributed by atoms with Crippen LogP contribution < -0.4 is 14.5 Å². The summed E-state index contributed by atoms with van der Waals surface area (Å²) < 4.78 is 22.4. The quantitative estimate of drug-likeness (QED) is 0.226. The first-order valence-electron chi connectivity index (χ1n) is 14.3. The Morgan fingerprint density at radius 1 is 0.818 bits per heavy atom. The standard InChI is InChI=1S/C31H30Cl2N8O3/c32-23-1-10-29(30(33)15-23)31(18-41-20-34-19-37-41)43-17-28(44-31)16-42-27-8-6-25(7-9-27)39-13-11-38(12-14-39)24-2-4-26(5-3-24)40-21-35-36-22-40/h1-10,15,19-22,28H,11-14,16-18H2. The van der Waals surface area contributed by atoms with Gasteiger partial charge in [0.2, 0.25) is 5.79 Å².